The zero-order valence-corrected chi connectivity index (χ0v) is 24.1. The number of piperazine rings is 1. The molecular weight excluding hydrogens is 518 g/mol. The van der Waals surface area contributed by atoms with Gasteiger partial charge in [-0.15, -0.1) is 0 Å². The zero-order valence-electron chi connectivity index (χ0n) is 24.1. The fraction of sp³-hybridized carbons (Fsp3) is 0.281. The third-order valence-corrected chi connectivity index (χ3v) is 7.22. The summed E-state index contributed by atoms with van der Waals surface area (Å²) < 4.78 is 4.83. The molecule has 41 heavy (non-hydrogen) atoms. The summed E-state index contributed by atoms with van der Waals surface area (Å²) in [5.74, 6) is -0.742. The molecule has 0 aliphatic carbocycles. The average molecular weight is 556 g/mol. The van der Waals surface area contributed by atoms with Crippen LogP contribution in [-0.4, -0.2) is 81.5 Å². The first kappa shape index (κ1) is 29.5. The molecule has 2 amide bonds. The molecule has 0 saturated carbocycles. The summed E-state index contributed by atoms with van der Waals surface area (Å²) in [4.78, 5) is 44.4. The highest BCUT2D eigenvalue weighted by Crippen LogP contribution is 2.37. The molecule has 2 aromatic rings. The standard InChI is InChI=1S/C32H37N5O4/c1-6-8-22(9-7-2)30(29-26-15-10-23(32(40)41-5)20-27(26)34-31(29)39)33-24-11-13-25(14-12-24)36(4)28(38)21-37-18-16-35(3)17-19-37/h6-15,20,33H,1,16-19,21H2,2-5H3,(H,34,39)/b9-7-,22-8+,30-29-. The van der Waals surface area contributed by atoms with Gasteiger partial charge in [-0.05, 0) is 55.9 Å². The molecule has 4 rings (SSSR count). The van der Waals surface area contributed by atoms with Crippen molar-refractivity contribution in [2.45, 2.75) is 6.92 Å². The Hall–Kier alpha value is -4.47. The molecule has 1 fully saturated rings. The Morgan fingerprint density at radius 3 is 2.46 bits per heavy atom. The van der Waals surface area contributed by atoms with Crippen molar-refractivity contribution in [1.82, 2.24) is 9.80 Å². The predicted molar refractivity (Wildman–Crippen MR) is 164 cm³/mol. The van der Waals surface area contributed by atoms with Gasteiger partial charge in [0.15, 0.2) is 0 Å². The predicted octanol–water partition coefficient (Wildman–Crippen LogP) is 4.15. The lowest BCUT2D eigenvalue weighted by Gasteiger charge is -2.32. The molecule has 0 unspecified atom stereocenters. The number of ether oxygens (including phenoxy) is 1. The van der Waals surface area contributed by atoms with E-state index in [1.165, 1.54) is 7.11 Å². The Morgan fingerprint density at radius 1 is 1.12 bits per heavy atom. The first-order chi connectivity index (χ1) is 19.7. The maximum atomic E-state index is 13.3. The second kappa shape index (κ2) is 13.3. The molecule has 0 atom stereocenters. The Bertz CT molecular complexity index is 1420. The number of fused-ring (bicyclic) bond motifs is 1. The van der Waals surface area contributed by atoms with E-state index in [1.807, 2.05) is 49.4 Å². The lowest BCUT2D eigenvalue weighted by atomic mass is 9.98. The number of amides is 2. The van der Waals surface area contributed by atoms with E-state index in [-0.39, 0.29) is 11.8 Å². The molecule has 0 spiro atoms. The molecular formula is C32H37N5O4. The maximum Gasteiger partial charge on any atom is 0.337 e. The molecule has 214 valence electrons. The number of hydrogen-bond acceptors (Lipinski definition) is 7. The number of likely N-dealkylation sites (N-methyl/N-ethyl adjacent to an activating group) is 2. The summed E-state index contributed by atoms with van der Waals surface area (Å²) in [6.45, 7) is 9.79. The first-order valence-electron chi connectivity index (χ1n) is 13.5. The van der Waals surface area contributed by atoms with E-state index in [4.69, 9.17) is 4.74 Å². The number of hydrogen-bond donors (Lipinski definition) is 2. The van der Waals surface area contributed by atoms with Crippen LogP contribution >= 0.6 is 0 Å². The summed E-state index contributed by atoms with van der Waals surface area (Å²) in [6, 6.07) is 12.5. The highest BCUT2D eigenvalue weighted by Gasteiger charge is 2.29. The number of allylic oxidation sites excluding steroid dienone is 4. The molecule has 9 nitrogen and oxygen atoms in total. The van der Waals surface area contributed by atoms with E-state index in [2.05, 4.69) is 34.1 Å². The number of carbonyl (C=O) groups is 3. The van der Waals surface area contributed by atoms with E-state index in [1.54, 1.807) is 36.2 Å². The minimum Gasteiger partial charge on any atom is -0.465 e. The summed E-state index contributed by atoms with van der Waals surface area (Å²) >= 11 is 0. The van der Waals surface area contributed by atoms with Gasteiger partial charge in [0, 0.05) is 50.2 Å². The van der Waals surface area contributed by atoms with E-state index in [0.717, 1.165) is 43.1 Å². The van der Waals surface area contributed by atoms with E-state index < -0.39 is 5.97 Å². The van der Waals surface area contributed by atoms with Gasteiger partial charge in [-0.3, -0.25) is 14.5 Å². The highest BCUT2D eigenvalue weighted by molar-refractivity contribution is 6.33. The Labute approximate surface area is 241 Å². The van der Waals surface area contributed by atoms with Crippen LogP contribution in [0, 0.1) is 0 Å². The van der Waals surface area contributed by atoms with Gasteiger partial charge < -0.3 is 25.2 Å². The summed E-state index contributed by atoms with van der Waals surface area (Å²) in [6.07, 6.45) is 7.26. The van der Waals surface area contributed by atoms with Crippen LogP contribution in [0.15, 0.2) is 84.6 Å². The SMILES string of the molecule is C=C/C=C(\C=C/C)C(/Nc1ccc(N(C)C(=O)CN2CCN(C)CC2)cc1)=C1/C(=O)Nc2cc(C(=O)OC)ccc21. The molecule has 0 aromatic heterocycles. The van der Waals surface area contributed by atoms with Gasteiger partial charge in [-0.25, -0.2) is 4.79 Å². The Morgan fingerprint density at radius 2 is 1.83 bits per heavy atom. The van der Waals surface area contributed by atoms with Crippen molar-refractivity contribution in [2.24, 2.45) is 0 Å². The molecule has 2 aliphatic rings. The number of esters is 1. The number of methoxy groups -OCH3 is 1. The number of benzene rings is 2. The molecule has 2 aliphatic heterocycles. The number of nitrogens with one attached hydrogen (secondary N) is 2. The van der Waals surface area contributed by atoms with E-state index in [0.29, 0.717) is 34.6 Å². The second-order valence-corrected chi connectivity index (χ2v) is 10.0. The third-order valence-electron chi connectivity index (χ3n) is 7.22. The topological polar surface area (TPSA) is 94.2 Å². The van der Waals surface area contributed by atoms with E-state index >= 15 is 0 Å². The van der Waals surface area contributed by atoms with Gasteiger partial charge in [0.2, 0.25) is 5.91 Å². The molecule has 2 heterocycles. The van der Waals surface area contributed by atoms with Crippen molar-refractivity contribution in [3.8, 4) is 0 Å². The number of anilines is 3. The molecule has 2 aromatic carbocycles. The third kappa shape index (κ3) is 6.82. The van der Waals surface area contributed by atoms with Gasteiger partial charge in [0.05, 0.1) is 36.2 Å². The molecule has 2 N–H and O–H groups in total. The quantitative estimate of drug-likeness (QED) is 0.273. The van der Waals surface area contributed by atoms with Crippen LogP contribution in [-0.2, 0) is 14.3 Å². The molecule has 0 bridgehead atoms. The van der Waals surface area contributed by atoms with Crippen LogP contribution in [0.2, 0.25) is 0 Å². The van der Waals surface area contributed by atoms with Gasteiger partial charge in [-0.1, -0.05) is 36.9 Å². The molecule has 0 radical (unpaired) electrons. The smallest absolute Gasteiger partial charge is 0.337 e. The number of carbonyl (C=O) groups excluding carboxylic acids is 3. The fourth-order valence-electron chi connectivity index (χ4n) is 4.83. The summed E-state index contributed by atoms with van der Waals surface area (Å²) in [7, 11) is 5.20. The van der Waals surface area contributed by atoms with Crippen LogP contribution in [0.5, 0.6) is 0 Å². The zero-order chi connectivity index (χ0) is 29.5. The van der Waals surface area contributed by atoms with Gasteiger partial charge in [-0.2, -0.15) is 0 Å². The Kier molecular flexibility index (Phi) is 9.54. The molecule has 9 heteroatoms. The molecule has 1 saturated heterocycles. The van der Waals surface area contributed by atoms with Gasteiger partial charge >= 0.3 is 5.97 Å². The van der Waals surface area contributed by atoms with Crippen molar-refractivity contribution >= 4 is 40.4 Å². The summed E-state index contributed by atoms with van der Waals surface area (Å²) in [5.41, 5.74) is 4.82. The largest absolute Gasteiger partial charge is 0.465 e. The minimum atomic E-state index is -0.481. The number of rotatable bonds is 9. The average Bonchev–Trinajstić information content (AvgIpc) is 3.31. The van der Waals surface area contributed by atoms with Crippen molar-refractivity contribution in [3.05, 3.63) is 95.7 Å². The van der Waals surface area contributed by atoms with Crippen LogP contribution < -0.4 is 15.5 Å². The van der Waals surface area contributed by atoms with Crippen LogP contribution in [0.25, 0.3) is 5.57 Å². The normalized spacial score (nSPS) is 17.2. The van der Waals surface area contributed by atoms with Crippen molar-refractivity contribution in [3.63, 3.8) is 0 Å². The van der Waals surface area contributed by atoms with Crippen molar-refractivity contribution in [1.29, 1.82) is 0 Å². The Balaban J connectivity index is 1.62. The van der Waals surface area contributed by atoms with Crippen LogP contribution in [0.1, 0.15) is 22.8 Å². The van der Waals surface area contributed by atoms with Crippen LogP contribution in [0.4, 0.5) is 17.1 Å². The second-order valence-electron chi connectivity index (χ2n) is 10.0. The van der Waals surface area contributed by atoms with Crippen molar-refractivity contribution in [2.75, 3.05) is 69.5 Å². The monoisotopic (exact) mass is 555 g/mol. The van der Waals surface area contributed by atoms with E-state index in [9.17, 15) is 14.4 Å². The van der Waals surface area contributed by atoms with Crippen LogP contribution in [0.3, 0.4) is 0 Å². The number of nitrogens with zero attached hydrogens (tertiary/aromatic N) is 3. The van der Waals surface area contributed by atoms with Crippen molar-refractivity contribution < 1.29 is 19.1 Å². The maximum absolute atomic E-state index is 13.3. The minimum absolute atomic E-state index is 0.0351. The van der Waals surface area contributed by atoms with Gasteiger partial charge in [0.1, 0.15) is 0 Å². The lowest BCUT2D eigenvalue weighted by Crippen LogP contribution is -2.48. The lowest BCUT2D eigenvalue weighted by molar-refractivity contribution is -0.119. The summed E-state index contributed by atoms with van der Waals surface area (Å²) in [5, 5.41) is 6.29. The fourth-order valence-corrected chi connectivity index (χ4v) is 4.83. The first-order valence-corrected chi connectivity index (χ1v) is 13.5. The van der Waals surface area contributed by atoms with Gasteiger partial charge in [0.25, 0.3) is 5.91 Å². The highest BCUT2D eigenvalue weighted by atomic mass is 16.5.